The predicted molar refractivity (Wildman–Crippen MR) is 124 cm³/mol. The zero-order valence-corrected chi connectivity index (χ0v) is 19.5. The summed E-state index contributed by atoms with van der Waals surface area (Å²) < 4.78 is 7.91. The number of pyridine rings is 1. The molecule has 0 bridgehead atoms. The molecule has 3 aromatic heterocycles. The minimum atomic E-state index is 0. The van der Waals surface area contributed by atoms with Gasteiger partial charge in [-0.2, -0.15) is 24.3 Å². The molecule has 0 N–H and O–H groups in total. The van der Waals surface area contributed by atoms with E-state index in [0.717, 1.165) is 33.4 Å². The predicted octanol–water partition coefficient (Wildman–Crippen LogP) is 6.03. The molecule has 0 aliphatic rings. The molecule has 0 unspecified atom stereocenters. The molecule has 5 nitrogen and oxygen atoms in total. The van der Waals surface area contributed by atoms with E-state index in [0.29, 0.717) is 5.75 Å². The SMILES string of the molecule is [Pt+2].[c-]1c(Oc2ncccn2)cccc1-c1[c-]c2c(cc1)c1ccccc1n2-c1ccccn1. The van der Waals surface area contributed by atoms with Crippen LogP contribution in [0.5, 0.6) is 11.8 Å². The topological polar surface area (TPSA) is 52.8 Å². The molecule has 0 spiro atoms. The Kier molecular flexibility index (Phi) is 5.72. The van der Waals surface area contributed by atoms with E-state index in [-0.39, 0.29) is 27.1 Å². The van der Waals surface area contributed by atoms with Crippen molar-refractivity contribution >= 4 is 21.8 Å². The molecule has 6 rings (SSSR count). The summed E-state index contributed by atoms with van der Waals surface area (Å²) in [6.45, 7) is 0. The zero-order valence-electron chi connectivity index (χ0n) is 17.3. The minimum Gasteiger partial charge on any atom is -0.446 e. The first-order valence-electron chi connectivity index (χ1n) is 10.2. The average molecular weight is 608 g/mol. The van der Waals surface area contributed by atoms with Crippen LogP contribution < -0.4 is 4.74 Å². The van der Waals surface area contributed by atoms with Crippen molar-refractivity contribution in [3.63, 3.8) is 0 Å². The van der Waals surface area contributed by atoms with Crippen LogP contribution >= 0.6 is 0 Å². The molecule has 0 radical (unpaired) electrons. The van der Waals surface area contributed by atoms with Crippen molar-refractivity contribution in [2.75, 3.05) is 0 Å². The summed E-state index contributed by atoms with van der Waals surface area (Å²) in [4.78, 5) is 12.8. The Bertz CT molecular complexity index is 1550. The standard InChI is InChI=1S/C27H16N4O.Pt/c1-2-10-24-22(9-1)23-13-12-20(18-25(23)31(24)26-11-3-4-14-28-26)19-7-5-8-21(17-19)32-27-29-15-6-16-30-27;/h1-16H;/q-2;+2. The maximum Gasteiger partial charge on any atom is 2.00 e. The van der Waals surface area contributed by atoms with Gasteiger partial charge in [-0.15, -0.1) is 18.2 Å². The molecule has 0 aliphatic heterocycles. The molecule has 0 saturated heterocycles. The molecule has 160 valence electrons. The molecule has 33 heavy (non-hydrogen) atoms. The number of rotatable bonds is 4. The molecule has 0 amide bonds. The van der Waals surface area contributed by atoms with Crippen LogP contribution in [-0.2, 0) is 21.1 Å². The molecule has 6 heteroatoms. The van der Waals surface area contributed by atoms with Gasteiger partial charge in [-0.1, -0.05) is 29.7 Å². The first-order chi connectivity index (χ1) is 15.9. The minimum absolute atomic E-state index is 0. The second-order valence-electron chi connectivity index (χ2n) is 7.24. The van der Waals surface area contributed by atoms with Gasteiger partial charge in [0.1, 0.15) is 5.82 Å². The molecular formula is C27H16N4OPt. The van der Waals surface area contributed by atoms with Crippen molar-refractivity contribution in [3.8, 4) is 28.7 Å². The third kappa shape index (κ3) is 3.92. The molecular weight excluding hydrogens is 591 g/mol. The summed E-state index contributed by atoms with van der Waals surface area (Å²) in [6, 6.07) is 33.1. The molecule has 0 saturated carbocycles. The number of fused-ring (bicyclic) bond motifs is 3. The quantitative estimate of drug-likeness (QED) is 0.230. The summed E-state index contributed by atoms with van der Waals surface area (Å²) >= 11 is 0. The Hall–Kier alpha value is -3.82. The van der Waals surface area contributed by atoms with Crippen LogP contribution in [-0.4, -0.2) is 19.5 Å². The molecule has 6 aromatic rings. The third-order valence-corrected chi connectivity index (χ3v) is 5.26. The summed E-state index contributed by atoms with van der Waals surface area (Å²) in [7, 11) is 0. The number of ether oxygens (including phenoxy) is 1. The number of hydrogen-bond acceptors (Lipinski definition) is 4. The summed E-state index contributed by atoms with van der Waals surface area (Å²) in [6.07, 6.45) is 5.09. The van der Waals surface area contributed by atoms with Gasteiger partial charge in [0.15, 0.2) is 0 Å². The molecule has 3 heterocycles. The van der Waals surface area contributed by atoms with Gasteiger partial charge in [-0.05, 0) is 35.2 Å². The fraction of sp³-hybridized carbons (Fsp3) is 0. The van der Waals surface area contributed by atoms with Crippen molar-refractivity contribution in [2.45, 2.75) is 0 Å². The Morgan fingerprint density at radius 1 is 0.636 bits per heavy atom. The molecule has 0 atom stereocenters. The van der Waals surface area contributed by atoms with E-state index < -0.39 is 0 Å². The van der Waals surface area contributed by atoms with Gasteiger partial charge < -0.3 is 9.30 Å². The van der Waals surface area contributed by atoms with Crippen LogP contribution in [0.25, 0.3) is 38.8 Å². The molecule has 0 fully saturated rings. The number of benzene rings is 3. The smallest absolute Gasteiger partial charge is 0.446 e. The van der Waals surface area contributed by atoms with Gasteiger partial charge in [0.05, 0.1) is 0 Å². The third-order valence-electron chi connectivity index (χ3n) is 5.26. The van der Waals surface area contributed by atoms with Crippen LogP contribution in [0.4, 0.5) is 0 Å². The van der Waals surface area contributed by atoms with E-state index in [4.69, 9.17) is 4.74 Å². The van der Waals surface area contributed by atoms with Crippen LogP contribution in [0.1, 0.15) is 0 Å². The second kappa shape index (κ2) is 8.97. The Morgan fingerprint density at radius 3 is 2.27 bits per heavy atom. The first kappa shape index (κ1) is 21.0. The van der Waals surface area contributed by atoms with Crippen LogP contribution in [0.3, 0.4) is 0 Å². The van der Waals surface area contributed by atoms with Crippen molar-refractivity contribution < 1.29 is 25.8 Å². The van der Waals surface area contributed by atoms with Gasteiger partial charge in [-0.3, -0.25) is 0 Å². The van der Waals surface area contributed by atoms with Gasteiger partial charge in [-0.25, -0.2) is 26.1 Å². The van der Waals surface area contributed by atoms with E-state index in [9.17, 15) is 0 Å². The van der Waals surface area contributed by atoms with Gasteiger partial charge in [0.25, 0.3) is 0 Å². The van der Waals surface area contributed by atoms with Crippen molar-refractivity contribution in [1.82, 2.24) is 19.5 Å². The fourth-order valence-corrected chi connectivity index (χ4v) is 3.87. The Morgan fingerprint density at radius 2 is 1.42 bits per heavy atom. The van der Waals surface area contributed by atoms with Crippen LogP contribution in [0.15, 0.2) is 97.5 Å². The summed E-state index contributed by atoms with van der Waals surface area (Å²) in [5.74, 6) is 1.40. The Labute approximate surface area is 205 Å². The van der Waals surface area contributed by atoms with E-state index in [1.54, 1.807) is 24.7 Å². The number of aromatic nitrogens is 4. The average Bonchev–Trinajstić information content (AvgIpc) is 3.19. The van der Waals surface area contributed by atoms with E-state index >= 15 is 0 Å². The largest absolute Gasteiger partial charge is 2.00 e. The molecule has 3 aromatic carbocycles. The monoisotopic (exact) mass is 607 g/mol. The van der Waals surface area contributed by atoms with Gasteiger partial charge in [0, 0.05) is 29.9 Å². The Balaban J connectivity index is 0.00000228. The normalized spacial score (nSPS) is 10.8. The number of hydrogen-bond donors (Lipinski definition) is 0. The first-order valence-corrected chi connectivity index (χ1v) is 10.2. The van der Waals surface area contributed by atoms with Gasteiger partial charge >= 0.3 is 27.1 Å². The molecule has 0 aliphatic carbocycles. The van der Waals surface area contributed by atoms with E-state index in [1.165, 1.54) is 5.39 Å². The van der Waals surface area contributed by atoms with Crippen molar-refractivity contribution in [1.29, 1.82) is 0 Å². The van der Waals surface area contributed by atoms with Crippen LogP contribution in [0, 0.1) is 12.1 Å². The van der Waals surface area contributed by atoms with Crippen molar-refractivity contribution in [2.24, 2.45) is 0 Å². The number of para-hydroxylation sites is 1. The van der Waals surface area contributed by atoms with Crippen molar-refractivity contribution in [3.05, 3.63) is 110 Å². The second-order valence-corrected chi connectivity index (χ2v) is 7.24. The maximum atomic E-state index is 5.76. The summed E-state index contributed by atoms with van der Waals surface area (Å²) in [5.41, 5.74) is 3.85. The van der Waals surface area contributed by atoms with E-state index in [1.807, 2.05) is 42.5 Å². The van der Waals surface area contributed by atoms with E-state index in [2.05, 4.69) is 62.0 Å². The zero-order chi connectivity index (χ0) is 21.3. The van der Waals surface area contributed by atoms with Crippen LogP contribution in [0.2, 0.25) is 0 Å². The summed E-state index contributed by atoms with van der Waals surface area (Å²) in [5, 5.41) is 2.29. The number of nitrogens with zero attached hydrogens (tertiary/aromatic N) is 4. The maximum absolute atomic E-state index is 5.76. The van der Waals surface area contributed by atoms with Gasteiger partial charge in [0.2, 0.25) is 0 Å². The fourth-order valence-electron chi connectivity index (χ4n) is 3.87.